The Labute approximate surface area is 90.7 Å². The molecular formula is C13H18FN. The molecule has 0 bridgehead atoms. The Kier molecular flexibility index (Phi) is 2.55. The third-order valence-corrected chi connectivity index (χ3v) is 3.47. The van der Waals surface area contributed by atoms with E-state index in [1.54, 1.807) is 6.07 Å². The Morgan fingerprint density at radius 2 is 2.00 bits per heavy atom. The topological polar surface area (TPSA) is 12.0 Å². The van der Waals surface area contributed by atoms with Crippen LogP contribution in [-0.4, -0.2) is 6.54 Å². The summed E-state index contributed by atoms with van der Waals surface area (Å²) in [7, 11) is 0. The highest BCUT2D eigenvalue weighted by atomic mass is 19.1. The van der Waals surface area contributed by atoms with Crippen molar-refractivity contribution in [1.29, 1.82) is 0 Å². The van der Waals surface area contributed by atoms with Crippen molar-refractivity contribution in [1.82, 2.24) is 5.32 Å². The van der Waals surface area contributed by atoms with Crippen molar-refractivity contribution in [2.75, 3.05) is 6.54 Å². The zero-order valence-electron chi connectivity index (χ0n) is 9.65. The average molecular weight is 207 g/mol. The Balaban J connectivity index is 2.48. The predicted molar refractivity (Wildman–Crippen MR) is 60.5 cm³/mol. The first-order chi connectivity index (χ1) is 7.03. The molecule has 1 unspecified atom stereocenters. The minimum absolute atomic E-state index is 0.0442. The molecule has 1 aromatic rings. The molecule has 0 amide bonds. The summed E-state index contributed by atoms with van der Waals surface area (Å²) in [6.45, 7) is 7.09. The van der Waals surface area contributed by atoms with Crippen molar-refractivity contribution in [2.24, 2.45) is 0 Å². The highest BCUT2D eigenvalue weighted by Crippen LogP contribution is 2.33. The van der Waals surface area contributed by atoms with E-state index in [1.165, 1.54) is 12.0 Å². The first-order valence-electron chi connectivity index (χ1n) is 5.55. The summed E-state index contributed by atoms with van der Waals surface area (Å²) in [6.07, 6.45) is 2.34. The summed E-state index contributed by atoms with van der Waals surface area (Å²) >= 11 is 0. The third-order valence-electron chi connectivity index (χ3n) is 3.47. The van der Waals surface area contributed by atoms with Gasteiger partial charge in [-0.25, -0.2) is 4.39 Å². The second-order valence-electron chi connectivity index (χ2n) is 4.78. The zero-order chi connectivity index (χ0) is 11.1. The van der Waals surface area contributed by atoms with Gasteiger partial charge in [0.1, 0.15) is 5.82 Å². The second-order valence-corrected chi connectivity index (χ2v) is 4.78. The van der Waals surface area contributed by atoms with Crippen LogP contribution in [0.4, 0.5) is 4.39 Å². The van der Waals surface area contributed by atoms with E-state index < -0.39 is 0 Å². The van der Waals surface area contributed by atoms with Gasteiger partial charge in [0.2, 0.25) is 0 Å². The molecule has 0 radical (unpaired) electrons. The molecule has 1 heterocycles. The fraction of sp³-hybridized carbons (Fsp3) is 0.538. The second kappa shape index (κ2) is 3.60. The molecule has 1 N–H and O–H groups in total. The number of halogens is 1. The van der Waals surface area contributed by atoms with E-state index in [4.69, 9.17) is 0 Å². The van der Waals surface area contributed by atoms with Crippen molar-refractivity contribution in [3.8, 4) is 0 Å². The SMILES string of the molecule is Cc1cc(C2(C)CCCN2)c(C)cc1F. The lowest BCUT2D eigenvalue weighted by molar-refractivity contribution is 0.431. The van der Waals surface area contributed by atoms with Crippen LogP contribution in [0.25, 0.3) is 0 Å². The van der Waals surface area contributed by atoms with Crippen LogP contribution in [0.3, 0.4) is 0 Å². The molecular weight excluding hydrogens is 189 g/mol. The fourth-order valence-electron chi connectivity index (χ4n) is 2.50. The van der Waals surface area contributed by atoms with E-state index in [2.05, 4.69) is 12.2 Å². The summed E-state index contributed by atoms with van der Waals surface area (Å²) < 4.78 is 13.4. The van der Waals surface area contributed by atoms with Gasteiger partial charge in [0.15, 0.2) is 0 Å². The Morgan fingerprint density at radius 1 is 1.27 bits per heavy atom. The quantitative estimate of drug-likeness (QED) is 0.746. The molecule has 15 heavy (non-hydrogen) atoms. The van der Waals surface area contributed by atoms with Gasteiger partial charge in [0.25, 0.3) is 0 Å². The van der Waals surface area contributed by atoms with E-state index in [1.807, 2.05) is 19.9 Å². The molecule has 1 aliphatic heterocycles. The minimum atomic E-state index is -0.0992. The molecule has 0 spiro atoms. The number of nitrogens with one attached hydrogen (secondary N) is 1. The molecule has 0 aliphatic carbocycles. The van der Waals surface area contributed by atoms with Crippen molar-refractivity contribution < 1.29 is 4.39 Å². The third kappa shape index (κ3) is 1.78. The summed E-state index contributed by atoms with van der Waals surface area (Å²) in [6, 6.07) is 3.64. The van der Waals surface area contributed by atoms with Crippen molar-refractivity contribution in [3.05, 3.63) is 34.6 Å². The molecule has 2 rings (SSSR count). The molecule has 2 heteroatoms. The van der Waals surface area contributed by atoms with E-state index >= 15 is 0 Å². The van der Waals surface area contributed by atoms with Gasteiger partial charge in [-0.3, -0.25) is 0 Å². The van der Waals surface area contributed by atoms with Crippen LogP contribution in [0.15, 0.2) is 12.1 Å². The van der Waals surface area contributed by atoms with Gasteiger partial charge in [0, 0.05) is 5.54 Å². The Bertz CT molecular complexity index is 378. The molecule has 1 nitrogen and oxygen atoms in total. The van der Waals surface area contributed by atoms with E-state index in [0.29, 0.717) is 0 Å². The first-order valence-corrected chi connectivity index (χ1v) is 5.55. The fourth-order valence-corrected chi connectivity index (χ4v) is 2.50. The van der Waals surface area contributed by atoms with Crippen molar-refractivity contribution in [3.63, 3.8) is 0 Å². The van der Waals surface area contributed by atoms with Crippen LogP contribution in [0, 0.1) is 19.7 Å². The van der Waals surface area contributed by atoms with Gasteiger partial charge in [-0.1, -0.05) is 6.07 Å². The van der Waals surface area contributed by atoms with Gasteiger partial charge in [-0.15, -0.1) is 0 Å². The predicted octanol–water partition coefficient (Wildman–Crippen LogP) is 3.04. The highest BCUT2D eigenvalue weighted by Gasteiger charge is 2.31. The van der Waals surface area contributed by atoms with Gasteiger partial charge in [-0.05, 0) is 62.9 Å². The van der Waals surface area contributed by atoms with E-state index in [0.717, 1.165) is 24.1 Å². The Morgan fingerprint density at radius 3 is 2.60 bits per heavy atom. The highest BCUT2D eigenvalue weighted by molar-refractivity contribution is 5.37. The molecule has 1 atom stereocenters. The molecule has 1 fully saturated rings. The van der Waals surface area contributed by atoms with Crippen LogP contribution in [0.5, 0.6) is 0 Å². The summed E-state index contributed by atoms with van der Waals surface area (Å²) in [4.78, 5) is 0. The smallest absolute Gasteiger partial charge is 0.126 e. The lowest BCUT2D eigenvalue weighted by atomic mass is 9.86. The molecule has 82 valence electrons. The molecule has 0 saturated carbocycles. The van der Waals surface area contributed by atoms with Crippen LogP contribution in [0.1, 0.15) is 36.5 Å². The molecule has 1 aromatic carbocycles. The van der Waals surface area contributed by atoms with Crippen LogP contribution in [-0.2, 0) is 5.54 Å². The standard InChI is InChI=1S/C13H18FN/c1-9-8-12(14)10(2)7-11(9)13(3)5-4-6-15-13/h7-8,15H,4-6H2,1-3H3. The summed E-state index contributed by atoms with van der Waals surface area (Å²) in [5.41, 5.74) is 3.09. The maximum Gasteiger partial charge on any atom is 0.126 e. The molecule has 0 aromatic heterocycles. The Hall–Kier alpha value is -0.890. The largest absolute Gasteiger partial charge is 0.308 e. The normalized spacial score (nSPS) is 25.9. The van der Waals surface area contributed by atoms with Gasteiger partial charge >= 0.3 is 0 Å². The number of hydrogen-bond donors (Lipinski definition) is 1. The summed E-state index contributed by atoms with van der Waals surface area (Å²) in [5.74, 6) is -0.0992. The van der Waals surface area contributed by atoms with Gasteiger partial charge < -0.3 is 5.32 Å². The van der Waals surface area contributed by atoms with Gasteiger partial charge in [0.05, 0.1) is 0 Å². The van der Waals surface area contributed by atoms with E-state index in [9.17, 15) is 4.39 Å². The maximum atomic E-state index is 13.4. The van der Waals surface area contributed by atoms with Crippen molar-refractivity contribution in [2.45, 2.75) is 39.2 Å². The summed E-state index contributed by atoms with van der Waals surface area (Å²) in [5, 5.41) is 3.51. The minimum Gasteiger partial charge on any atom is -0.308 e. The monoisotopic (exact) mass is 207 g/mol. The van der Waals surface area contributed by atoms with Crippen LogP contribution < -0.4 is 5.32 Å². The first kappa shape index (κ1) is 10.6. The van der Waals surface area contributed by atoms with Crippen LogP contribution in [0.2, 0.25) is 0 Å². The number of hydrogen-bond acceptors (Lipinski definition) is 1. The molecule has 1 saturated heterocycles. The number of rotatable bonds is 1. The van der Waals surface area contributed by atoms with Gasteiger partial charge in [-0.2, -0.15) is 0 Å². The zero-order valence-corrected chi connectivity index (χ0v) is 9.65. The lowest BCUT2D eigenvalue weighted by Gasteiger charge is -2.27. The van der Waals surface area contributed by atoms with Crippen LogP contribution >= 0.6 is 0 Å². The average Bonchev–Trinajstić information content (AvgIpc) is 2.60. The molecule has 1 aliphatic rings. The lowest BCUT2D eigenvalue weighted by Crippen LogP contribution is -2.34. The maximum absolute atomic E-state index is 13.4. The number of benzene rings is 1. The van der Waals surface area contributed by atoms with E-state index in [-0.39, 0.29) is 11.4 Å². The number of aryl methyl sites for hydroxylation is 2. The van der Waals surface area contributed by atoms with Crippen molar-refractivity contribution >= 4 is 0 Å².